The summed E-state index contributed by atoms with van der Waals surface area (Å²) in [5.74, 6) is 0.655. The van der Waals surface area contributed by atoms with Gasteiger partial charge in [-0.05, 0) is 68.7 Å². The largest absolute Gasteiger partial charge is 0.439 e. The van der Waals surface area contributed by atoms with Crippen molar-refractivity contribution in [3.8, 4) is 16.5 Å². The Morgan fingerprint density at radius 1 is 1.05 bits per heavy atom. The number of thiophene rings is 1. The molecule has 3 aromatic rings. The molecule has 0 radical (unpaired) electrons. The van der Waals surface area contributed by atoms with Crippen LogP contribution in [-0.4, -0.2) is 34.6 Å². The highest BCUT2D eigenvalue weighted by Gasteiger charge is 2.43. The van der Waals surface area contributed by atoms with Crippen molar-refractivity contribution in [1.82, 2.24) is 9.88 Å². The number of hydrogen-bond donors (Lipinski definition) is 0. The van der Waals surface area contributed by atoms with E-state index in [1.807, 2.05) is 13.0 Å². The average Bonchev–Trinajstić information content (AvgIpc) is 3.58. The lowest BCUT2D eigenvalue weighted by molar-refractivity contribution is -0.143. The van der Waals surface area contributed by atoms with E-state index in [1.54, 1.807) is 18.3 Å². The second-order valence-corrected chi connectivity index (χ2v) is 12.2. The van der Waals surface area contributed by atoms with E-state index in [2.05, 4.69) is 11.0 Å². The van der Waals surface area contributed by atoms with Gasteiger partial charge in [0.15, 0.2) is 0 Å². The summed E-state index contributed by atoms with van der Waals surface area (Å²) in [6.07, 6.45) is -5.29. The van der Waals surface area contributed by atoms with Crippen LogP contribution >= 0.6 is 11.3 Å². The molecule has 0 spiro atoms. The second kappa shape index (κ2) is 12.3. The molecule has 3 heterocycles. The molecule has 1 saturated carbocycles. The number of alkyl halides is 6. The van der Waals surface area contributed by atoms with Crippen molar-refractivity contribution in [2.45, 2.75) is 83.0 Å². The summed E-state index contributed by atoms with van der Waals surface area (Å²) in [5, 5.41) is 9.29. The molecule has 2 aromatic heterocycles. The highest BCUT2D eigenvalue weighted by atomic mass is 32.1. The lowest BCUT2D eigenvalue weighted by Gasteiger charge is -2.36. The number of amides is 1. The SMILES string of the molecule is CCN(c1ncc(-c2ccc(C#N)s2)cc1CN1C(=O)O[C@@H](c2cc(C(F)(F)F)cc(C(F)(F)F)c2)[C@@H]1C)C1CCCCC1. The molecule has 2 atom stereocenters. The maximum atomic E-state index is 13.6. The molecule has 13 heteroatoms. The molecule has 1 aliphatic carbocycles. The standard InChI is InChI=1S/C31H30F6N4O2S/c1-3-40(24-7-5-4-6-8-24)28-21(11-20(16-39-28)26-10-9-25(15-38)44-26)17-41-18(2)27(43-29(41)42)19-12-22(30(32,33)34)14-23(13-19)31(35,36)37/h9-14,16,18,24,27H,3-8,17H2,1-2H3/t18-,27+/m0/s1. The molecular weight excluding hydrogens is 606 g/mol. The third kappa shape index (κ3) is 6.50. The maximum Gasteiger partial charge on any atom is 0.416 e. The maximum absolute atomic E-state index is 13.6. The van der Waals surface area contributed by atoms with Crippen molar-refractivity contribution in [1.29, 1.82) is 5.26 Å². The molecule has 0 N–H and O–H groups in total. The molecule has 2 aliphatic rings. The van der Waals surface area contributed by atoms with Gasteiger partial charge < -0.3 is 9.64 Å². The Hall–Kier alpha value is -3.79. The van der Waals surface area contributed by atoms with E-state index in [0.29, 0.717) is 34.9 Å². The molecule has 234 valence electrons. The topological polar surface area (TPSA) is 69.5 Å². The van der Waals surface area contributed by atoms with Crippen LogP contribution in [0.3, 0.4) is 0 Å². The Bertz CT molecular complexity index is 1530. The van der Waals surface area contributed by atoms with E-state index in [1.165, 1.54) is 23.2 Å². The van der Waals surface area contributed by atoms with Crippen molar-refractivity contribution in [2.24, 2.45) is 0 Å². The summed E-state index contributed by atoms with van der Waals surface area (Å²) < 4.78 is 86.8. The molecule has 44 heavy (non-hydrogen) atoms. The lowest BCUT2D eigenvalue weighted by atomic mass is 9.93. The highest BCUT2D eigenvalue weighted by molar-refractivity contribution is 7.16. The number of aromatic nitrogens is 1. The number of halogens is 6. The van der Waals surface area contributed by atoms with E-state index in [9.17, 15) is 36.4 Å². The first kappa shape index (κ1) is 31.6. The normalized spacial score (nSPS) is 19.6. The quantitative estimate of drug-likeness (QED) is 0.242. The zero-order chi connectivity index (χ0) is 31.8. The van der Waals surface area contributed by atoms with Gasteiger partial charge in [0.25, 0.3) is 0 Å². The van der Waals surface area contributed by atoms with E-state index in [0.717, 1.165) is 42.5 Å². The first-order chi connectivity index (χ1) is 20.8. The number of carbonyl (C=O) groups excluding carboxylic acids is 1. The predicted octanol–water partition coefficient (Wildman–Crippen LogP) is 8.96. The van der Waals surface area contributed by atoms with Crippen molar-refractivity contribution in [3.05, 3.63) is 69.7 Å². The average molecular weight is 637 g/mol. The van der Waals surface area contributed by atoms with Gasteiger partial charge in [0, 0.05) is 34.8 Å². The number of carbonyl (C=O) groups is 1. The van der Waals surface area contributed by atoms with Gasteiger partial charge >= 0.3 is 18.4 Å². The van der Waals surface area contributed by atoms with E-state index in [-0.39, 0.29) is 24.2 Å². The van der Waals surface area contributed by atoms with E-state index in [4.69, 9.17) is 9.72 Å². The van der Waals surface area contributed by atoms with Crippen LogP contribution in [-0.2, 0) is 23.6 Å². The molecule has 5 rings (SSSR count). The monoisotopic (exact) mass is 636 g/mol. The predicted molar refractivity (Wildman–Crippen MR) is 153 cm³/mol. The van der Waals surface area contributed by atoms with Crippen LogP contribution in [0.4, 0.5) is 37.0 Å². The van der Waals surface area contributed by atoms with Crippen molar-refractivity contribution < 1.29 is 35.9 Å². The van der Waals surface area contributed by atoms with Gasteiger partial charge in [-0.25, -0.2) is 9.78 Å². The Labute approximate surface area is 254 Å². The number of cyclic esters (lactones) is 1. The van der Waals surface area contributed by atoms with Crippen molar-refractivity contribution >= 4 is 23.2 Å². The molecule has 1 aromatic carbocycles. The minimum atomic E-state index is -5.03. The molecule has 0 bridgehead atoms. The minimum Gasteiger partial charge on any atom is -0.439 e. The fourth-order valence-electron chi connectivity index (χ4n) is 6.03. The third-order valence-corrected chi connectivity index (χ3v) is 9.28. The molecular formula is C31H30F6N4O2S. The Kier molecular flexibility index (Phi) is 8.84. The first-order valence-electron chi connectivity index (χ1n) is 14.3. The Morgan fingerprint density at radius 2 is 1.70 bits per heavy atom. The van der Waals surface area contributed by atoms with Crippen LogP contribution < -0.4 is 4.90 Å². The van der Waals surface area contributed by atoms with Crippen LogP contribution in [0.15, 0.2) is 42.6 Å². The van der Waals surface area contributed by atoms with E-state index < -0.39 is 41.7 Å². The van der Waals surface area contributed by atoms with Gasteiger partial charge in [-0.3, -0.25) is 4.90 Å². The summed E-state index contributed by atoms with van der Waals surface area (Å²) in [6, 6.07) is 8.09. The minimum absolute atomic E-state index is 0.0303. The first-order valence-corrected chi connectivity index (χ1v) is 15.1. The summed E-state index contributed by atoms with van der Waals surface area (Å²) in [4.78, 5) is 22.8. The number of benzene rings is 1. The van der Waals surface area contributed by atoms with Gasteiger partial charge in [0.05, 0.1) is 23.7 Å². The van der Waals surface area contributed by atoms with Gasteiger partial charge in [-0.1, -0.05) is 19.3 Å². The van der Waals surface area contributed by atoms with Crippen LogP contribution in [0.1, 0.15) is 79.2 Å². The summed E-state index contributed by atoms with van der Waals surface area (Å²) >= 11 is 1.29. The third-order valence-electron chi connectivity index (χ3n) is 8.24. The lowest BCUT2D eigenvalue weighted by Crippen LogP contribution is -2.39. The van der Waals surface area contributed by atoms with Gasteiger partial charge in [-0.15, -0.1) is 11.3 Å². The summed E-state index contributed by atoms with van der Waals surface area (Å²) in [5.41, 5.74) is -1.95. The van der Waals surface area contributed by atoms with Crippen molar-refractivity contribution in [2.75, 3.05) is 11.4 Å². The van der Waals surface area contributed by atoms with E-state index >= 15 is 0 Å². The number of pyridine rings is 1. The number of anilines is 1. The Morgan fingerprint density at radius 3 is 2.27 bits per heavy atom. The van der Waals surface area contributed by atoms with Crippen molar-refractivity contribution in [3.63, 3.8) is 0 Å². The fourth-order valence-corrected chi connectivity index (χ4v) is 6.81. The number of hydrogen-bond acceptors (Lipinski definition) is 6. The van der Waals surface area contributed by atoms with Crippen LogP contribution in [0.5, 0.6) is 0 Å². The smallest absolute Gasteiger partial charge is 0.416 e. The molecule has 6 nitrogen and oxygen atoms in total. The van der Waals surface area contributed by atoms with Crippen LogP contribution in [0.25, 0.3) is 10.4 Å². The zero-order valence-corrected chi connectivity index (χ0v) is 24.8. The summed E-state index contributed by atoms with van der Waals surface area (Å²) in [6.45, 7) is 4.17. The number of nitriles is 1. The number of rotatable bonds is 7. The van der Waals surface area contributed by atoms with Crippen LogP contribution in [0, 0.1) is 11.3 Å². The number of nitrogens with zero attached hydrogens (tertiary/aromatic N) is 4. The number of ether oxygens (including phenoxy) is 1. The van der Waals surface area contributed by atoms with Crippen LogP contribution in [0.2, 0.25) is 0 Å². The molecule has 1 saturated heterocycles. The van der Waals surface area contributed by atoms with Gasteiger partial charge in [0.1, 0.15) is 22.9 Å². The zero-order valence-electron chi connectivity index (χ0n) is 24.0. The molecule has 1 aliphatic heterocycles. The summed E-state index contributed by atoms with van der Waals surface area (Å²) in [7, 11) is 0. The molecule has 1 amide bonds. The molecule has 0 unspecified atom stereocenters. The highest BCUT2D eigenvalue weighted by Crippen LogP contribution is 2.42. The fraction of sp³-hybridized carbons (Fsp3) is 0.452. The van der Waals surface area contributed by atoms with Gasteiger partial charge in [-0.2, -0.15) is 31.6 Å². The second-order valence-electron chi connectivity index (χ2n) is 11.1. The Balaban J connectivity index is 1.52. The van der Waals surface area contributed by atoms with Gasteiger partial charge in [0.2, 0.25) is 0 Å². The molecule has 2 fully saturated rings.